The van der Waals surface area contributed by atoms with Crippen molar-refractivity contribution < 1.29 is 14.0 Å². The molecule has 0 heterocycles. The average molecular weight is 351 g/mol. The largest absolute Gasteiger partial charge is 0.494 e. The van der Waals surface area contributed by atoms with Crippen molar-refractivity contribution in [2.75, 3.05) is 13.2 Å². The second kappa shape index (κ2) is 9.99. The van der Waals surface area contributed by atoms with E-state index in [-0.39, 0.29) is 5.04 Å². The normalized spacial score (nSPS) is 12.2. The van der Waals surface area contributed by atoms with Crippen molar-refractivity contribution in [1.82, 2.24) is 0 Å². The molecule has 0 radical (unpaired) electrons. The molecule has 24 heavy (non-hydrogen) atoms. The Morgan fingerprint density at radius 3 is 2.21 bits per heavy atom. The zero-order valence-electron chi connectivity index (χ0n) is 16.1. The zero-order chi connectivity index (χ0) is 18.1. The molecule has 0 aliphatic carbocycles. The third kappa shape index (κ3) is 7.62. The number of hydrogen-bond donors (Lipinski definition) is 0. The number of hydrogen-bond acceptors (Lipinski definition) is 3. The topological polar surface area (TPSA) is 35.5 Å². The van der Waals surface area contributed by atoms with Crippen LogP contribution in [-0.2, 0) is 15.6 Å². The third-order valence-electron chi connectivity index (χ3n) is 4.79. The number of rotatable bonds is 11. The predicted octanol–water partition coefficient (Wildman–Crippen LogP) is 5.39. The first-order chi connectivity index (χ1) is 11.3. The summed E-state index contributed by atoms with van der Waals surface area (Å²) in [4.78, 5) is 10.3. The molecule has 0 N–H and O–H groups in total. The van der Waals surface area contributed by atoms with E-state index in [1.165, 1.54) is 5.56 Å². The first-order valence-electron chi connectivity index (χ1n) is 9.05. The Hall–Kier alpha value is -1.13. The summed E-state index contributed by atoms with van der Waals surface area (Å²) in [5.74, 6) is 0.916. The van der Waals surface area contributed by atoms with Crippen molar-refractivity contribution in [3.8, 4) is 5.75 Å². The van der Waals surface area contributed by atoms with Crippen LogP contribution in [-0.4, -0.2) is 27.8 Å². The van der Waals surface area contributed by atoms with Crippen LogP contribution < -0.4 is 4.74 Å². The standard InChI is InChI=1S/C20H34O3Si/c1-20(2,3)24(4,5)23-17-9-8-16-22-19-13-11-18(12-14-19)10-6-7-15-21/h11-15H,6-10,16-17H2,1-5H3. The van der Waals surface area contributed by atoms with E-state index in [1.807, 2.05) is 12.1 Å². The van der Waals surface area contributed by atoms with Crippen LogP contribution in [0.15, 0.2) is 24.3 Å². The quantitative estimate of drug-likeness (QED) is 0.305. The van der Waals surface area contributed by atoms with Gasteiger partial charge in [-0.05, 0) is 61.5 Å². The molecule has 4 heteroatoms. The van der Waals surface area contributed by atoms with Crippen LogP contribution in [0.25, 0.3) is 0 Å². The van der Waals surface area contributed by atoms with Crippen LogP contribution in [0.3, 0.4) is 0 Å². The lowest BCUT2D eigenvalue weighted by molar-refractivity contribution is -0.107. The Labute approximate surface area is 148 Å². The van der Waals surface area contributed by atoms with Crippen molar-refractivity contribution in [3.63, 3.8) is 0 Å². The van der Waals surface area contributed by atoms with Gasteiger partial charge in [0.25, 0.3) is 0 Å². The van der Waals surface area contributed by atoms with Gasteiger partial charge in [-0.2, -0.15) is 0 Å². The lowest BCUT2D eigenvalue weighted by atomic mass is 10.1. The van der Waals surface area contributed by atoms with Crippen LogP contribution in [0.4, 0.5) is 0 Å². The van der Waals surface area contributed by atoms with Gasteiger partial charge in [0.15, 0.2) is 8.32 Å². The van der Waals surface area contributed by atoms with Gasteiger partial charge in [-0.3, -0.25) is 0 Å². The molecule has 0 saturated heterocycles. The number of unbranched alkanes of at least 4 members (excludes halogenated alkanes) is 2. The zero-order valence-corrected chi connectivity index (χ0v) is 17.1. The van der Waals surface area contributed by atoms with E-state index in [1.54, 1.807) is 0 Å². The Bertz CT molecular complexity index is 475. The molecule has 136 valence electrons. The van der Waals surface area contributed by atoms with Crippen molar-refractivity contribution in [1.29, 1.82) is 0 Å². The molecule has 0 aliphatic rings. The summed E-state index contributed by atoms with van der Waals surface area (Å²) >= 11 is 0. The molecule has 3 nitrogen and oxygen atoms in total. The molecular formula is C20H34O3Si. The minimum absolute atomic E-state index is 0.275. The Morgan fingerprint density at radius 2 is 1.62 bits per heavy atom. The molecule has 0 spiro atoms. The highest BCUT2D eigenvalue weighted by molar-refractivity contribution is 6.74. The number of ether oxygens (including phenoxy) is 1. The Balaban J connectivity index is 2.18. The van der Waals surface area contributed by atoms with E-state index in [9.17, 15) is 4.79 Å². The van der Waals surface area contributed by atoms with E-state index in [2.05, 4.69) is 46.0 Å². The monoisotopic (exact) mass is 350 g/mol. The van der Waals surface area contributed by atoms with E-state index < -0.39 is 8.32 Å². The van der Waals surface area contributed by atoms with Gasteiger partial charge >= 0.3 is 0 Å². The second-order valence-corrected chi connectivity index (χ2v) is 12.7. The summed E-state index contributed by atoms with van der Waals surface area (Å²) < 4.78 is 12.0. The van der Waals surface area contributed by atoms with Gasteiger partial charge in [0.2, 0.25) is 0 Å². The van der Waals surface area contributed by atoms with E-state index in [0.717, 1.165) is 50.9 Å². The lowest BCUT2D eigenvalue weighted by Crippen LogP contribution is -2.41. The van der Waals surface area contributed by atoms with Crippen molar-refractivity contribution in [2.24, 2.45) is 0 Å². The first kappa shape index (κ1) is 20.9. The van der Waals surface area contributed by atoms with Crippen molar-refractivity contribution in [2.45, 2.75) is 71.0 Å². The summed E-state index contributed by atoms with van der Waals surface area (Å²) in [5, 5.41) is 0.275. The molecule has 0 bridgehead atoms. The molecule has 0 amide bonds. The van der Waals surface area contributed by atoms with E-state index in [4.69, 9.17) is 9.16 Å². The van der Waals surface area contributed by atoms with Crippen molar-refractivity contribution in [3.05, 3.63) is 29.8 Å². The minimum Gasteiger partial charge on any atom is -0.494 e. The van der Waals surface area contributed by atoms with Crippen LogP contribution >= 0.6 is 0 Å². The highest BCUT2D eigenvalue weighted by Crippen LogP contribution is 2.36. The molecule has 1 aromatic carbocycles. The SMILES string of the molecule is CC(C)(C)[Si](C)(C)OCCCCOc1ccc(CCCC=O)cc1. The summed E-state index contributed by atoms with van der Waals surface area (Å²) in [5.41, 5.74) is 1.26. The molecule has 0 saturated carbocycles. The highest BCUT2D eigenvalue weighted by Gasteiger charge is 2.36. The highest BCUT2D eigenvalue weighted by atomic mass is 28.4. The van der Waals surface area contributed by atoms with Gasteiger partial charge in [-0.1, -0.05) is 32.9 Å². The molecule has 0 atom stereocenters. The van der Waals surface area contributed by atoms with E-state index >= 15 is 0 Å². The summed E-state index contributed by atoms with van der Waals surface area (Å²) in [6, 6.07) is 8.20. The van der Waals surface area contributed by atoms with Crippen LogP contribution in [0.2, 0.25) is 18.1 Å². The predicted molar refractivity (Wildman–Crippen MR) is 103 cm³/mol. The van der Waals surface area contributed by atoms with E-state index in [0.29, 0.717) is 6.42 Å². The average Bonchev–Trinajstić information content (AvgIpc) is 2.51. The molecule has 0 fully saturated rings. The molecule has 1 aromatic rings. The molecule has 0 aromatic heterocycles. The Morgan fingerprint density at radius 1 is 1.00 bits per heavy atom. The molecule has 1 rings (SSSR count). The lowest BCUT2D eigenvalue weighted by Gasteiger charge is -2.36. The molecule has 0 unspecified atom stereocenters. The maximum absolute atomic E-state index is 10.3. The molecular weight excluding hydrogens is 316 g/mol. The maximum Gasteiger partial charge on any atom is 0.191 e. The van der Waals surface area contributed by atoms with Gasteiger partial charge < -0.3 is 14.0 Å². The first-order valence-corrected chi connectivity index (χ1v) is 12.0. The van der Waals surface area contributed by atoms with Crippen molar-refractivity contribution >= 4 is 14.6 Å². The van der Waals surface area contributed by atoms with Gasteiger partial charge in [-0.25, -0.2) is 0 Å². The van der Waals surface area contributed by atoms with Crippen LogP contribution in [0.5, 0.6) is 5.75 Å². The third-order valence-corrected chi connectivity index (χ3v) is 9.33. The van der Waals surface area contributed by atoms with Gasteiger partial charge in [0.05, 0.1) is 6.61 Å². The van der Waals surface area contributed by atoms with Crippen LogP contribution in [0, 0.1) is 0 Å². The number of benzene rings is 1. The fraction of sp³-hybridized carbons (Fsp3) is 0.650. The van der Waals surface area contributed by atoms with Gasteiger partial charge in [-0.15, -0.1) is 0 Å². The summed E-state index contributed by atoms with van der Waals surface area (Å²) in [6.07, 6.45) is 5.52. The molecule has 0 aliphatic heterocycles. The summed E-state index contributed by atoms with van der Waals surface area (Å²) in [7, 11) is -1.61. The Kier molecular flexibility index (Phi) is 8.71. The minimum atomic E-state index is -1.61. The van der Waals surface area contributed by atoms with Gasteiger partial charge in [0, 0.05) is 13.0 Å². The fourth-order valence-electron chi connectivity index (χ4n) is 2.08. The summed E-state index contributed by atoms with van der Waals surface area (Å²) in [6.45, 7) is 12.9. The second-order valence-electron chi connectivity index (χ2n) is 7.87. The smallest absolute Gasteiger partial charge is 0.191 e. The fourth-order valence-corrected chi connectivity index (χ4v) is 3.17. The van der Waals surface area contributed by atoms with Gasteiger partial charge in [0.1, 0.15) is 12.0 Å². The number of carbonyl (C=O) groups is 1. The maximum atomic E-state index is 10.3. The number of aryl methyl sites for hydroxylation is 1. The van der Waals surface area contributed by atoms with Crippen LogP contribution in [0.1, 0.15) is 52.0 Å². The number of carbonyl (C=O) groups excluding carboxylic acids is 1. The number of aldehydes is 1.